The second-order valence-corrected chi connectivity index (χ2v) is 5.60. The Bertz CT molecular complexity index is 490. The van der Waals surface area contributed by atoms with Crippen LogP contribution in [0.1, 0.15) is 12.1 Å². The topological polar surface area (TPSA) is 126 Å². The highest BCUT2D eigenvalue weighted by Gasteiger charge is 2.06. The van der Waals surface area contributed by atoms with E-state index in [0.717, 1.165) is 0 Å². The third-order valence-electron chi connectivity index (χ3n) is 2.21. The van der Waals surface area contributed by atoms with E-state index in [0.29, 0.717) is 24.4 Å². The van der Waals surface area contributed by atoms with Gasteiger partial charge in [0, 0.05) is 29.4 Å². The van der Waals surface area contributed by atoms with Crippen molar-refractivity contribution in [2.45, 2.75) is 19.5 Å². The Kier molecular flexibility index (Phi) is 6.64. The van der Waals surface area contributed by atoms with Gasteiger partial charge >= 0.3 is 12.0 Å². The largest absolute Gasteiger partial charge is 0.480 e. The van der Waals surface area contributed by atoms with E-state index in [1.165, 1.54) is 10.9 Å². The number of amides is 2. The van der Waals surface area contributed by atoms with E-state index in [1.54, 1.807) is 6.26 Å². The molecule has 0 fully saturated rings. The van der Waals surface area contributed by atoms with Crippen LogP contribution in [0.4, 0.5) is 4.79 Å². The van der Waals surface area contributed by atoms with E-state index >= 15 is 0 Å². The Morgan fingerprint density at radius 3 is 2.85 bits per heavy atom. The van der Waals surface area contributed by atoms with Gasteiger partial charge < -0.3 is 15.7 Å². The molecule has 0 aliphatic rings. The van der Waals surface area contributed by atoms with Gasteiger partial charge in [-0.3, -0.25) is 9.00 Å². The number of hydrogen-bond acceptors (Lipinski definition) is 5. The van der Waals surface area contributed by atoms with Gasteiger partial charge in [-0.25, -0.2) is 9.48 Å². The second kappa shape index (κ2) is 8.25. The van der Waals surface area contributed by atoms with Crippen LogP contribution in [0.3, 0.4) is 0 Å². The van der Waals surface area contributed by atoms with Gasteiger partial charge in [-0.1, -0.05) is 5.21 Å². The van der Waals surface area contributed by atoms with Gasteiger partial charge in [0.05, 0.1) is 12.7 Å². The Balaban J connectivity index is 2.22. The van der Waals surface area contributed by atoms with Crippen molar-refractivity contribution in [3.8, 4) is 0 Å². The number of hydrogen-bond donors (Lipinski definition) is 3. The van der Waals surface area contributed by atoms with E-state index in [-0.39, 0.29) is 19.1 Å². The number of carboxylic acid groups (broad SMARTS) is 1. The predicted octanol–water partition coefficient (Wildman–Crippen LogP) is -1.07. The van der Waals surface area contributed by atoms with Crippen LogP contribution in [0.2, 0.25) is 0 Å². The molecule has 0 radical (unpaired) electrons. The summed E-state index contributed by atoms with van der Waals surface area (Å²) in [6, 6.07) is -0.361. The minimum atomic E-state index is -1.01. The number of carbonyl (C=O) groups is 2. The molecule has 1 unspecified atom stereocenters. The highest BCUT2D eigenvalue weighted by atomic mass is 32.2. The summed E-state index contributed by atoms with van der Waals surface area (Å²) in [6.45, 7) is 0.329. The monoisotopic (exact) mass is 303 g/mol. The molecule has 1 rings (SSSR count). The normalized spacial score (nSPS) is 11.8. The lowest BCUT2D eigenvalue weighted by atomic mass is 10.4. The van der Waals surface area contributed by atoms with Crippen molar-refractivity contribution >= 4 is 22.8 Å². The summed E-state index contributed by atoms with van der Waals surface area (Å²) in [6.07, 6.45) is 3.71. The number of aromatic nitrogens is 3. The molecule has 1 atom stereocenters. The molecule has 1 heterocycles. The Morgan fingerprint density at radius 1 is 1.45 bits per heavy atom. The van der Waals surface area contributed by atoms with E-state index in [1.807, 2.05) is 0 Å². The van der Waals surface area contributed by atoms with Gasteiger partial charge in [0.15, 0.2) is 0 Å². The summed E-state index contributed by atoms with van der Waals surface area (Å²) in [4.78, 5) is 21.8. The SMILES string of the molecule is CS(=O)CCCNC(=O)NCc1cn(CC(=O)O)nn1. The number of aliphatic carboxylic acids is 1. The maximum absolute atomic E-state index is 11.4. The quantitative estimate of drug-likeness (QED) is 0.525. The molecule has 0 saturated carbocycles. The predicted molar refractivity (Wildman–Crippen MR) is 71.4 cm³/mol. The zero-order valence-corrected chi connectivity index (χ0v) is 11.9. The van der Waals surface area contributed by atoms with Crippen molar-refractivity contribution in [3.63, 3.8) is 0 Å². The molecule has 3 N–H and O–H groups in total. The van der Waals surface area contributed by atoms with Gasteiger partial charge in [-0.05, 0) is 6.42 Å². The maximum Gasteiger partial charge on any atom is 0.325 e. The fourth-order valence-electron chi connectivity index (χ4n) is 1.35. The van der Waals surface area contributed by atoms with Crippen molar-refractivity contribution < 1.29 is 18.9 Å². The Labute approximate surface area is 118 Å². The Hall–Kier alpha value is -1.97. The van der Waals surface area contributed by atoms with Crippen LogP contribution >= 0.6 is 0 Å². The molecule has 0 saturated heterocycles. The molecule has 112 valence electrons. The zero-order chi connectivity index (χ0) is 15.0. The van der Waals surface area contributed by atoms with Crippen molar-refractivity contribution in [2.75, 3.05) is 18.6 Å². The summed E-state index contributed by atoms with van der Waals surface area (Å²) < 4.78 is 12.0. The van der Waals surface area contributed by atoms with Crippen LogP contribution in [0.15, 0.2) is 6.20 Å². The highest BCUT2D eigenvalue weighted by Crippen LogP contribution is 1.92. The van der Waals surface area contributed by atoms with Gasteiger partial charge in [0.1, 0.15) is 12.2 Å². The summed E-state index contributed by atoms with van der Waals surface area (Å²) in [7, 11) is -0.857. The van der Waals surface area contributed by atoms with Crippen LogP contribution < -0.4 is 10.6 Å². The fraction of sp³-hybridized carbons (Fsp3) is 0.600. The smallest absolute Gasteiger partial charge is 0.325 e. The minimum Gasteiger partial charge on any atom is -0.480 e. The molecule has 0 aromatic carbocycles. The van der Waals surface area contributed by atoms with Crippen molar-refractivity contribution in [1.29, 1.82) is 0 Å². The van der Waals surface area contributed by atoms with Crippen LogP contribution in [-0.4, -0.2) is 54.9 Å². The first kappa shape index (κ1) is 16.1. The molecule has 1 aromatic heterocycles. The third kappa shape index (κ3) is 6.83. The van der Waals surface area contributed by atoms with Crippen LogP contribution in [-0.2, 0) is 28.7 Å². The summed E-state index contributed by atoms with van der Waals surface area (Å²) >= 11 is 0. The van der Waals surface area contributed by atoms with E-state index < -0.39 is 16.8 Å². The molecule has 0 spiro atoms. The molecular weight excluding hydrogens is 286 g/mol. The minimum absolute atomic E-state index is 0.158. The number of carbonyl (C=O) groups excluding carboxylic acids is 1. The van der Waals surface area contributed by atoms with Crippen molar-refractivity contribution in [3.05, 3.63) is 11.9 Å². The maximum atomic E-state index is 11.4. The van der Waals surface area contributed by atoms with Crippen LogP contribution in [0.25, 0.3) is 0 Å². The number of rotatable bonds is 8. The van der Waals surface area contributed by atoms with Crippen LogP contribution in [0, 0.1) is 0 Å². The van der Waals surface area contributed by atoms with Crippen molar-refractivity contribution in [2.24, 2.45) is 0 Å². The number of nitrogens with zero attached hydrogens (tertiary/aromatic N) is 3. The first-order chi connectivity index (χ1) is 9.47. The van der Waals surface area contributed by atoms with Crippen LogP contribution in [0.5, 0.6) is 0 Å². The lowest BCUT2D eigenvalue weighted by molar-refractivity contribution is -0.137. The molecule has 0 aliphatic carbocycles. The zero-order valence-electron chi connectivity index (χ0n) is 11.0. The molecule has 20 heavy (non-hydrogen) atoms. The standard InChI is InChI=1S/C10H17N5O4S/c1-20(19)4-2-3-11-10(18)12-5-8-6-15(14-13-8)7-9(16)17/h6H,2-5,7H2,1H3,(H,16,17)(H2,11,12,18). The number of carboxylic acids is 1. The first-order valence-corrected chi connectivity index (χ1v) is 7.62. The Morgan fingerprint density at radius 2 is 2.20 bits per heavy atom. The molecular formula is C10H17N5O4S. The molecule has 0 aliphatic heterocycles. The second-order valence-electron chi connectivity index (χ2n) is 4.04. The van der Waals surface area contributed by atoms with Gasteiger partial charge in [-0.15, -0.1) is 5.10 Å². The molecule has 1 aromatic rings. The fourth-order valence-corrected chi connectivity index (χ4v) is 1.90. The molecule has 10 heteroatoms. The molecule has 9 nitrogen and oxygen atoms in total. The molecule has 0 bridgehead atoms. The summed E-state index contributed by atoms with van der Waals surface area (Å²) in [5.41, 5.74) is 0.469. The summed E-state index contributed by atoms with van der Waals surface area (Å²) in [5, 5.41) is 21.1. The number of nitrogens with one attached hydrogen (secondary N) is 2. The van der Waals surface area contributed by atoms with Gasteiger partial charge in [0.25, 0.3) is 0 Å². The van der Waals surface area contributed by atoms with E-state index in [2.05, 4.69) is 20.9 Å². The molecule has 2 amide bonds. The van der Waals surface area contributed by atoms with Gasteiger partial charge in [-0.2, -0.15) is 0 Å². The van der Waals surface area contributed by atoms with Gasteiger partial charge in [0.2, 0.25) is 0 Å². The van der Waals surface area contributed by atoms with E-state index in [4.69, 9.17) is 5.11 Å². The van der Waals surface area contributed by atoms with E-state index in [9.17, 15) is 13.8 Å². The first-order valence-electron chi connectivity index (χ1n) is 5.90. The lowest BCUT2D eigenvalue weighted by Crippen LogP contribution is -2.36. The third-order valence-corrected chi connectivity index (χ3v) is 3.07. The highest BCUT2D eigenvalue weighted by molar-refractivity contribution is 7.84. The summed E-state index contributed by atoms with van der Waals surface area (Å²) in [5.74, 6) is -0.468. The average molecular weight is 303 g/mol. The average Bonchev–Trinajstić information content (AvgIpc) is 2.78. The lowest BCUT2D eigenvalue weighted by Gasteiger charge is -2.05. The number of urea groups is 1. The van der Waals surface area contributed by atoms with Crippen molar-refractivity contribution in [1.82, 2.24) is 25.6 Å².